The number of hydrogen-bond donors (Lipinski definition) is 2. The van der Waals surface area contributed by atoms with Gasteiger partial charge >= 0.3 is 5.97 Å². The molecule has 0 spiro atoms. The Hall–Kier alpha value is -2.89. The zero-order valence-corrected chi connectivity index (χ0v) is 22.3. The van der Waals surface area contributed by atoms with Crippen LogP contribution < -0.4 is 10.6 Å². The highest BCUT2D eigenvalue weighted by atomic mass is 79.9. The van der Waals surface area contributed by atoms with E-state index >= 15 is 0 Å². The standard InChI is InChI=1S/C23H23BrClN5O4S/c1-4-34-22(33)14-9-10-17(25)18(11-14)27-19(31)12-35-23-29-28-20(30(23)3)13(2)26-21(32)15-7-5-6-8-16(15)24/h5-11,13H,4,12H2,1-3H3,(H,26,32)(H,27,31). The van der Waals surface area contributed by atoms with Crippen LogP contribution in [0.1, 0.15) is 46.4 Å². The number of ether oxygens (including phenoxy) is 1. The van der Waals surface area contributed by atoms with E-state index < -0.39 is 12.0 Å². The van der Waals surface area contributed by atoms with Gasteiger partial charge in [0.1, 0.15) is 0 Å². The van der Waals surface area contributed by atoms with Crippen molar-refractivity contribution in [2.75, 3.05) is 17.7 Å². The summed E-state index contributed by atoms with van der Waals surface area (Å²) in [6, 6.07) is 11.2. The molecule has 0 fully saturated rings. The Balaban J connectivity index is 1.60. The van der Waals surface area contributed by atoms with Crippen molar-refractivity contribution in [2.24, 2.45) is 7.05 Å². The Morgan fingerprint density at radius 1 is 1.20 bits per heavy atom. The van der Waals surface area contributed by atoms with Crippen LogP contribution in [0.15, 0.2) is 52.1 Å². The van der Waals surface area contributed by atoms with E-state index in [1.165, 1.54) is 30.0 Å². The molecule has 2 aromatic carbocycles. The van der Waals surface area contributed by atoms with Crippen LogP contribution in [0.2, 0.25) is 5.02 Å². The topological polar surface area (TPSA) is 115 Å². The molecule has 2 amide bonds. The first-order chi connectivity index (χ1) is 16.7. The summed E-state index contributed by atoms with van der Waals surface area (Å²) in [5.74, 6) is -0.509. The van der Waals surface area contributed by atoms with Crippen LogP contribution in [-0.4, -0.2) is 44.9 Å². The van der Waals surface area contributed by atoms with Crippen LogP contribution in [0, 0.1) is 0 Å². The SMILES string of the molecule is CCOC(=O)c1ccc(Cl)c(NC(=O)CSc2nnc(C(C)NC(=O)c3ccccc3Br)n2C)c1. The van der Waals surface area contributed by atoms with Crippen molar-refractivity contribution in [3.05, 3.63) is 68.9 Å². The maximum atomic E-state index is 12.6. The molecule has 0 aliphatic heterocycles. The van der Waals surface area contributed by atoms with Gasteiger partial charge in [0.2, 0.25) is 5.91 Å². The van der Waals surface area contributed by atoms with E-state index in [0.717, 1.165) is 0 Å². The molecule has 35 heavy (non-hydrogen) atoms. The highest BCUT2D eigenvalue weighted by Crippen LogP contribution is 2.25. The zero-order valence-electron chi connectivity index (χ0n) is 19.2. The summed E-state index contributed by atoms with van der Waals surface area (Å²) in [4.78, 5) is 37.0. The third-order valence-electron chi connectivity index (χ3n) is 4.81. The highest BCUT2D eigenvalue weighted by molar-refractivity contribution is 9.10. The first-order valence-corrected chi connectivity index (χ1v) is 12.7. The Morgan fingerprint density at radius 2 is 1.94 bits per heavy atom. The molecule has 3 rings (SSSR count). The van der Waals surface area contributed by atoms with E-state index in [2.05, 4.69) is 36.8 Å². The number of rotatable bonds is 9. The molecular weight excluding hydrogens is 558 g/mol. The second-order valence-electron chi connectivity index (χ2n) is 7.33. The maximum absolute atomic E-state index is 12.6. The van der Waals surface area contributed by atoms with Gasteiger partial charge in [-0.2, -0.15) is 0 Å². The van der Waals surface area contributed by atoms with E-state index in [0.29, 0.717) is 31.7 Å². The minimum atomic E-state index is -0.499. The molecule has 0 radical (unpaired) electrons. The van der Waals surface area contributed by atoms with Crippen molar-refractivity contribution in [1.82, 2.24) is 20.1 Å². The van der Waals surface area contributed by atoms with Gasteiger partial charge in [0.25, 0.3) is 5.91 Å². The van der Waals surface area contributed by atoms with E-state index in [4.69, 9.17) is 16.3 Å². The minimum Gasteiger partial charge on any atom is -0.462 e. The maximum Gasteiger partial charge on any atom is 0.338 e. The smallest absolute Gasteiger partial charge is 0.338 e. The molecule has 1 atom stereocenters. The van der Waals surface area contributed by atoms with Gasteiger partial charge in [-0.05, 0) is 60.1 Å². The number of thioether (sulfide) groups is 1. The molecule has 0 saturated carbocycles. The van der Waals surface area contributed by atoms with Crippen molar-refractivity contribution >= 4 is 62.8 Å². The lowest BCUT2D eigenvalue weighted by Crippen LogP contribution is -2.28. The lowest BCUT2D eigenvalue weighted by Gasteiger charge is -2.14. The molecule has 9 nitrogen and oxygen atoms in total. The lowest BCUT2D eigenvalue weighted by molar-refractivity contribution is -0.113. The second-order valence-corrected chi connectivity index (χ2v) is 9.53. The normalized spacial score (nSPS) is 11.6. The molecule has 1 unspecified atom stereocenters. The predicted octanol–water partition coefficient (Wildman–Crippen LogP) is 4.63. The van der Waals surface area contributed by atoms with Crippen LogP contribution in [0.4, 0.5) is 5.69 Å². The molecule has 184 valence electrons. The third kappa shape index (κ3) is 6.83. The Kier molecular flexibility index (Phi) is 9.30. The number of benzene rings is 2. The number of anilines is 1. The number of aromatic nitrogens is 3. The van der Waals surface area contributed by atoms with E-state index in [1.807, 2.05) is 6.07 Å². The van der Waals surface area contributed by atoms with Gasteiger partial charge < -0.3 is 19.9 Å². The predicted molar refractivity (Wildman–Crippen MR) is 138 cm³/mol. The van der Waals surface area contributed by atoms with Gasteiger partial charge in [0, 0.05) is 11.5 Å². The van der Waals surface area contributed by atoms with E-state index in [-0.39, 0.29) is 29.7 Å². The number of amides is 2. The van der Waals surface area contributed by atoms with Crippen molar-refractivity contribution < 1.29 is 19.1 Å². The summed E-state index contributed by atoms with van der Waals surface area (Å²) >= 11 is 10.7. The molecule has 0 aliphatic carbocycles. The van der Waals surface area contributed by atoms with Crippen molar-refractivity contribution in [1.29, 1.82) is 0 Å². The lowest BCUT2D eigenvalue weighted by atomic mass is 10.2. The van der Waals surface area contributed by atoms with Crippen LogP contribution >= 0.6 is 39.3 Å². The van der Waals surface area contributed by atoms with Gasteiger partial charge in [-0.1, -0.05) is 35.5 Å². The summed E-state index contributed by atoms with van der Waals surface area (Å²) in [6.07, 6.45) is 0. The average molecular weight is 581 g/mol. The highest BCUT2D eigenvalue weighted by Gasteiger charge is 2.20. The Labute approximate surface area is 220 Å². The minimum absolute atomic E-state index is 0.0314. The van der Waals surface area contributed by atoms with Crippen molar-refractivity contribution in [2.45, 2.75) is 25.0 Å². The quantitative estimate of drug-likeness (QED) is 0.280. The molecule has 3 aromatic rings. The molecule has 2 N–H and O–H groups in total. The summed E-state index contributed by atoms with van der Waals surface area (Å²) in [6.45, 7) is 3.76. The summed E-state index contributed by atoms with van der Waals surface area (Å²) < 4.78 is 7.39. The number of halogens is 2. The number of nitrogens with one attached hydrogen (secondary N) is 2. The van der Waals surface area contributed by atoms with Crippen LogP contribution in [-0.2, 0) is 16.6 Å². The third-order valence-corrected chi connectivity index (χ3v) is 6.85. The molecular formula is C23H23BrClN5O4S. The fourth-order valence-corrected chi connectivity index (χ4v) is 4.44. The second kappa shape index (κ2) is 12.2. The fourth-order valence-electron chi connectivity index (χ4n) is 3.09. The van der Waals surface area contributed by atoms with Gasteiger partial charge in [-0.3, -0.25) is 9.59 Å². The first kappa shape index (κ1) is 26.7. The Bertz CT molecular complexity index is 1250. The van der Waals surface area contributed by atoms with Crippen molar-refractivity contribution in [3.63, 3.8) is 0 Å². The van der Waals surface area contributed by atoms with Crippen LogP contribution in [0.3, 0.4) is 0 Å². The monoisotopic (exact) mass is 579 g/mol. The van der Waals surface area contributed by atoms with Crippen LogP contribution in [0.25, 0.3) is 0 Å². The number of nitrogens with zero attached hydrogens (tertiary/aromatic N) is 3. The summed E-state index contributed by atoms with van der Waals surface area (Å²) in [5, 5.41) is 14.7. The molecule has 12 heteroatoms. The molecule has 0 saturated heterocycles. The number of carbonyl (C=O) groups is 3. The molecule has 1 heterocycles. The molecule has 0 bridgehead atoms. The van der Waals surface area contributed by atoms with Crippen LogP contribution in [0.5, 0.6) is 0 Å². The number of carbonyl (C=O) groups excluding carboxylic acids is 3. The summed E-state index contributed by atoms with van der Waals surface area (Å²) in [5.41, 5.74) is 1.11. The Morgan fingerprint density at radius 3 is 2.66 bits per heavy atom. The zero-order chi connectivity index (χ0) is 25.5. The number of esters is 1. The van der Waals surface area contributed by atoms with Gasteiger partial charge in [-0.25, -0.2) is 4.79 Å². The molecule has 1 aromatic heterocycles. The average Bonchev–Trinajstić information content (AvgIpc) is 3.19. The molecule has 0 aliphatic rings. The van der Waals surface area contributed by atoms with Crippen molar-refractivity contribution in [3.8, 4) is 0 Å². The van der Waals surface area contributed by atoms with E-state index in [1.54, 1.807) is 43.7 Å². The largest absolute Gasteiger partial charge is 0.462 e. The van der Waals surface area contributed by atoms with Gasteiger partial charge in [0.05, 0.1) is 40.2 Å². The van der Waals surface area contributed by atoms with Gasteiger partial charge in [0.15, 0.2) is 11.0 Å². The fraction of sp³-hybridized carbons (Fsp3) is 0.261. The van der Waals surface area contributed by atoms with Gasteiger partial charge in [-0.15, -0.1) is 10.2 Å². The van der Waals surface area contributed by atoms with E-state index in [9.17, 15) is 14.4 Å². The number of hydrogen-bond acceptors (Lipinski definition) is 7. The first-order valence-electron chi connectivity index (χ1n) is 10.5. The summed E-state index contributed by atoms with van der Waals surface area (Å²) in [7, 11) is 1.76.